The molecule has 0 amide bonds. The van der Waals surface area contributed by atoms with Gasteiger partial charge in [0.05, 0.1) is 0 Å². The molecule has 0 aromatic heterocycles. The van der Waals surface area contributed by atoms with E-state index in [-0.39, 0.29) is 21.8 Å². The summed E-state index contributed by atoms with van der Waals surface area (Å²) in [5.41, 5.74) is 25.0. The number of fused-ring (bicyclic) bond motifs is 9. The molecular formula is C39H43N. The molecule has 0 fully saturated rings. The maximum atomic E-state index is 6.98. The Balaban J connectivity index is 1.42. The van der Waals surface area contributed by atoms with Gasteiger partial charge in [-0.25, -0.2) is 0 Å². The lowest BCUT2D eigenvalue weighted by Gasteiger charge is -2.30. The highest BCUT2D eigenvalue weighted by Gasteiger charge is 2.44. The fourth-order valence-electron chi connectivity index (χ4n) is 8.43. The van der Waals surface area contributed by atoms with Gasteiger partial charge < -0.3 is 5.73 Å². The average molecular weight is 526 g/mol. The van der Waals surface area contributed by atoms with Crippen molar-refractivity contribution in [1.29, 1.82) is 0 Å². The molecular weight excluding hydrogens is 482 g/mol. The molecule has 0 saturated carbocycles. The van der Waals surface area contributed by atoms with E-state index in [1.165, 1.54) is 72.3 Å². The first-order valence-corrected chi connectivity index (χ1v) is 15.3. The van der Waals surface area contributed by atoms with Gasteiger partial charge in [-0.3, -0.25) is 0 Å². The first-order valence-electron chi connectivity index (χ1n) is 15.3. The van der Waals surface area contributed by atoms with E-state index in [1.54, 1.807) is 0 Å². The second-order valence-corrected chi connectivity index (χ2v) is 14.3. The molecule has 0 radical (unpaired) electrons. The Morgan fingerprint density at radius 2 is 0.950 bits per heavy atom. The highest BCUT2D eigenvalue weighted by Crippen LogP contribution is 2.59. The Labute approximate surface area is 240 Å². The van der Waals surface area contributed by atoms with Crippen LogP contribution in [-0.4, -0.2) is 0 Å². The maximum Gasteiger partial charge on any atom is 0.0407 e. The molecule has 3 aliphatic carbocycles. The van der Waals surface area contributed by atoms with Crippen molar-refractivity contribution in [2.75, 3.05) is 0 Å². The molecule has 0 spiro atoms. The van der Waals surface area contributed by atoms with Crippen molar-refractivity contribution < 1.29 is 0 Å². The van der Waals surface area contributed by atoms with Crippen LogP contribution in [0.1, 0.15) is 114 Å². The Morgan fingerprint density at radius 1 is 0.525 bits per heavy atom. The number of hydrogen-bond donors (Lipinski definition) is 1. The van der Waals surface area contributed by atoms with Crippen LogP contribution in [0.4, 0.5) is 0 Å². The third-order valence-electron chi connectivity index (χ3n) is 11.1. The minimum Gasteiger partial charge on any atom is -0.321 e. The lowest BCUT2D eigenvalue weighted by atomic mass is 9.77. The van der Waals surface area contributed by atoms with Crippen LogP contribution < -0.4 is 5.73 Å². The van der Waals surface area contributed by atoms with E-state index < -0.39 is 0 Å². The predicted octanol–water partition coefficient (Wildman–Crippen LogP) is 9.97. The minimum absolute atomic E-state index is 0.00295. The minimum atomic E-state index is -0.262. The first kappa shape index (κ1) is 25.8. The zero-order valence-electron chi connectivity index (χ0n) is 25.5. The Bertz CT molecular complexity index is 1730. The summed E-state index contributed by atoms with van der Waals surface area (Å²) in [6, 6.07) is 26.2. The Kier molecular flexibility index (Phi) is 5.14. The zero-order valence-corrected chi connectivity index (χ0v) is 25.5. The molecule has 4 aromatic carbocycles. The van der Waals surface area contributed by atoms with Gasteiger partial charge in [0, 0.05) is 21.8 Å². The van der Waals surface area contributed by atoms with E-state index in [1.807, 2.05) is 0 Å². The van der Waals surface area contributed by atoms with E-state index in [9.17, 15) is 0 Å². The van der Waals surface area contributed by atoms with E-state index in [0.717, 1.165) is 19.3 Å². The molecule has 0 aliphatic heterocycles. The zero-order chi connectivity index (χ0) is 28.4. The normalized spacial score (nSPS) is 19.2. The van der Waals surface area contributed by atoms with Gasteiger partial charge in [-0.15, -0.1) is 0 Å². The van der Waals surface area contributed by atoms with Crippen molar-refractivity contribution in [3.05, 3.63) is 106 Å². The molecule has 0 saturated heterocycles. The number of benzene rings is 4. The molecule has 0 heterocycles. The fraction of sp³-hybridized carbons (Fsp3) is 0.385. The molecule has 7 rings (SSSR count). The second kappa shape index (κ2) is 7.98. The van der Waals surface area contributed by atoms with E-state index in [0.29, 0.717) is 0 Å². The van der Waals surface area contributed by atoms with Crippen molar-refractivity contribution in [1.82, 2.24) is 0 Å². The molecule has 4 aromatic rings. The summed E-state index contributed by atoms with van der Waals surface area (Å²) in [6.07, 6.45) is 3.06. The smallest absolute Gasteiger partial charge is 0.0407 e. The van der Waals surface area contributed by atoms with Crippen LogP contribution in [0.25, 0.3) is 33.4 Å². The molecule has 1 heteroatoms. The van der Waals surface area contributed by atoms with Gasteiger partial charge in [0.15, 0.2) is 0 Å². The van der Waals surface area contributed by atoms with Crippen LogP contribution in [0, 0.1) is 0 Å². The largest absolute Gasteiger partial charge is 0.321 e. The van der Waals surface area contributed by atoms with Crippen molar-refractivity contribution in [2.45, 2.75) is 96.4 Å². The molecule has 0 bridgehead atoms. The summed E-state index contributed by atoms with van der Waals surface area (Å²) < 4.78 is 0. The van der Waals surface area contributed by atoms with E-state index in [2.05, 4.69) is 122 Å². The highest BCUT2D eigenvalue weighted by atomic mass is 14.7. The van der Waals surface area contributed by atoms with Crippen LogP contribution in [0.5, 0.6) is 0 Å². The molecule has 204 valence electrons. The molecule has 40 heavy (non-hydrogen) atoms. The Morgan fingerprint density at radius 3 is 1.45 bits per heavy atom. The first-order chi connectivity index (χ1) is 18.9. The van der Waals surface area contributed by atoms with Crippen LogP contribution in [0.3, 0.4) is 0 Å². The van der Waals surface area contributed by atoms with Gasteiger partial charge in [0.25, 0.3) is 0 Å². The van der Waals surface area contributed by atoms with Gasteiger partial charge in [-0.2, -0.15) is 0 Å². The standard InChI is InChI=1S/C39H43N/c1-9-17-39(40,10-2)23-15-16-25-27-20-35-29(22-33(27)37(5,6)31(25)18-23)28-21-32-26(19-34(28)38(35,7)8)24-13-11-12-14-30(24)36(32,3)4/h11-16,18-22H,9-10,17,40H2,1-8H3. The fourth-order valence-corrected chi connectivity index (χ4v) is 8.43. The van der Waals surface area contributed by atoms with E-state index >= 15 is 0 Å². The van der Waals surface area contributed by atoms with Gasteiger partial charge >= 0.3 is 0 Å². The summed E-state index contributed by atoms with van der Waals surface area (Å²) in [4.78, 5) is 0. The molecule has 3 aliphatic rings. The third kappa shape index (κ3) is 3.08. The molecule has 2 N–H and O–H groups in total. The number of hydrogen-bond acceptors (Lipinski definition) is 1. The quantitative estimate of drug-likeness (QED) is 0.282. The van der Waals surface area contributed by atoms with Crippen molar-refractivity contribution in [3.63, 3.8) is 0 Å². The van der Waals surface area contributed by atoms with Crippen molar-refractivity contribution >= 4 is 0 Å². The summed E-state index contributed by atoms with van der Waals surface area (Å²) in [5.74, 6) is 0. The van der Waals surface area contributed by atoms with Gasteiger partial charge in [-0.1, -0.05) is 104 Å². The van der Waals surface area contributed by atoms with Crippen LogP contribution in [0.2, 0.25) is 0 Å². The molecule has 1 atom stereocenters. The van der Waals surface area contributed by atoms with Gasteiger partial charge in [0.1, 0.15) is 0 Å². The van der Waals surface area contributed by atoms with Crippen molar-refractivity contribution in [2.24, 2.45) is 5.73 Å². The van der Waals surface area contributed by atoms with Gasteiger partial charge in [-0.05, 0) is 109 Å². The lowest BCUT2D eigenvalue weighted by Crippen LogP contribution is -2.36. The SMILES string of the molecule is CCCC(N)(CC)c1ccc2c(c1)C(C)(C)c1cc3c(cc1-2)C(C)(C)c1cc2c(cc1-3)C(C)(C)c1ccccc1-2. The Hall–Kier alpha value is -3.16. The predicted molar refractivity (Wildman–Crippen MR) is 170 cm³/mol. The van der Waals surface area contributed by atoms with Crippen LogP contribution >= 0.6 is 0 Å². The van der Waals surface area contributed by atoms with Crippen molar-refractivity contribution in [3.8, 4) is 33.4 Å². The summed E-state index contributed by atoms with van der Waals surface area (Å²) in [6.45, 7) is 18.9. The van der Waals surface area contributed by atoms with Crippen LogP contribution in [-0.2, 0) is 21.8 Å². The second-order valence-electron chi connectivity index (χ2n) is 14.3. The maximum absolute atomic E-state index is 6.98. The monoisotopic (exact) mass is 525 g/mol. The van der Waals surface area contributed by atoms with Crippen LogP contribution in [0.15, 0.2) is 66.7 Å². The molecule has 1 unspecified atom stereocenters. The van der Waals surface area contributed by atoms with E-state index in [4.69, 9.17) is 5.73 Å². The third-order valence-corrected chi connectivity index (χ3v) is 11.1. The number of rotatable bonds is 4. The summed E-state index contributed by atoms with van der Waals surface area (Å²) in [7, 11) is 0. The summed E-state index contributed by atoms with van der Waals surface area (Å²) in [5, 5.41) is 0. The topological polar surface area (TPSA) is 26.0 Å². The highest BCUT2D eigenvalue weighted by molar-refractivity contribution is 5.93. The number of nitrogens with two attached hydrogens (primary N) is 1. The molecule has 1 nitrogen and oxygen atoms in total. The lowest BCUT2D eigenvalue weighted by molar-refractivity contribution is 0.389. The summed E-state index contributed by atoms with van der Waals surface area (Å²) >= 11 is 0. The average Bonchev–Trinajstić information content (AvgIpc) is 3.40. The van der Waals surface area contributed by atoms with Gasteiger partial charge in [0.2, 0.25) is 0 Å².